The lowest BCUT2D eigenvalue weighted by molar-refractivity contribution is -0.132. The maximum absolute atomic E-state index is 11.9. The standard InChI is InChI=1S/C14H11Cl2N3O4S/c15-10-2-1-3-11(12(10)16)19-14(21)13(20)18-8-4-6-9(7-5-8)24(17,22)23/h1-7H,(H,18,20)(H,19,21)(H2,17,22,23). The molecule has 0 aliphatic rings. The fourth-order valence-electron chi connectivity index (χ4n) is 1.70. The van der Waals surface area contributed by atoms with E-state index in [0.29, 0.717) is 0 Å². The number of hydrogen-bond donors (Lipinski definition) is 3. The van der Waals surface area contributed by atoms with Gasteiger partial charge in [0, 0.05) is 5.69 Å². The van der Waals surface area contributed by atoms with E-state index < -0.39 is 21.8 Å². The summed E-state index contributed by atoms with van der Waals surface area (Å²) in [7, 11) is -3.83. The number of nitrogens with one attached hydrogen (secondary N) is 2. The number of benzene rings is 2. The highest BCUT2D eigenvalue weighted by atomic mass is 35.5. The first kappa shape index (κ1) is 18.2. The van der Waals surface area contributed by atoms with Gasteiger partial charge >= 0.3 is 11.8 Å². The molecule has 0 spiro atoms. The van der Waals surface area contributed by atoms with Gasteiger partial charge in [0.05, 0.1) is 20.6 Å². The Labute approximate surface area is 147 Å². The van der Waals surface area contributed by atoms with Crippen molar-refractivity contribution in [3.8, 4) is 0 Å². The second kappa shape index (κ2) is 7.18. The molecule has 0 heterocycles. The molecule has 4 N–H and O–H groups in total. The fourth-order valence-corrected chi connectivity index (χ4v) is 2.56. The number of carbonyl (C=O) groups excluding carboxylic acids is 2. The lowest BCUT2D eigenvalue weighted by atomic mass is 10.3. The van der Waals surface area contributed by atoms with Gasteiger partial charge < -0.3 is 10.6 Å². The number of primary sulfonamides is 1. The predicted octanol–water partition coefficient (Wildman–Crippen LogP) is 2.22. The number of rotatable bonds is 3. The topological polar surface area (TPSA) is 118 Å². The summed E-state index contributed by atoms with van der Waals surface area (Å²) in [5, 5.41) is 9.94. The average molecular weight is 388 g/mol. The first-order valence-corrected chi connectivity index (χ1v) is 8.68. The average Bonchev–Trinajstić information content (AvgIpc) is 2.51. The number of carbonyl (C=O) groups is 2. The van der Waals surface area contributed by atoms with Gasteiger partial charge in [-0.3, -0.25) is 9.59 Å². The molecule has 0 aliphatic heterocycles. The lowest BCUT2D eigenvalue weighted by Gasteiger charge is -2.09. The third kappa shape index (κ3) is 4.45. The molecule has 2 amide bonds. The SMILES string of the molecule is NS(=O)(=O)c1ccc(NC(=O)C(=O)Nc2cccc(Cl)c2Cl)cc1. The molecule has 0 bridgehead atoms. The van der Waals surface area contributed by atoms with E-state index in [0.717, 1.165) is 0 Å². The zero-order valence-corrected chi connectivity index (χ0v) is 14.2. The van der Waals surface area contributed by atoms with Crippen molar-refractivity contribution >= 4 is 56.4 Å². The maximum atomic E-state index is 11.9. The van der Waals surface area contributed by atoms with Crippen LogP contribution < -0.4 is 15.8 Å². The van der Waals surface area contributed by atoms with Crippen LogP contribution in [0.2, 0.25) is 10.0 Å². The van der Waals surface area contributed by atoms with Crippen LogP contribution in [-0.2, 0) is 19.6 Å². The first-order chi connectivity index (χ1) is 11.2. The van der Waals surface area contributed by atoms with Crippen molar-refractivity contribution < 1.29 is 18.0 Å². The van der Waals surface area contributed by atoms with Crippen LogP contribution in [0.15, 0.2) is 47.4 Å². The second-order valence-electron chi connectivity index (χ2n) is 4.58. The molecule has 0 saturated carbocycles. The number of amides is 2. The Morgan fingerprint density at radius 3 is 2.08 bits per heavy atom. The summed E-state index contributed by atoms with van der Waals surface area (Å²) in [6.07, 6.45) is 0. The van der Waals surface area contributed by atoms with Crippen LogP contribution in [0.5, 0.6) is 0 Å². The Kier molecular flexibility index (Phi) is 5.45. The lowest BCUT2D eigenvalue weighted by Crippen LogP contribution is -2.29. The van der Waals surface area contributed by atoms with Gasteiger partial charge in [0.15, 0.2) is 0 Å². The summed E-state index contributed by atoms with van der Waals surface area (Å²) in [4.78, 5) is 23.6. The monoisotopic (exact) mass is 387 g/mol. The van der Waals surface area contributed by atoms with Crippen molar-refractivity contribution in [1.82, 2.24) is 0 Å². The molecule has 0 atom stereocenters. The summed E-state index contributed by atoms with van der Waals surface area (Å²) in [5.41, 5.74) is 0.411. The predicted molar refractivity (Wildman–Crippen MR) is 91.5 cm³/mol. The van der Waals surface area contributed by atoms with Gasteiger partial charge in [-0.25, -0.2) is 13.6 Å². The van der Waals surface area contributed by atoms with Crippen molar-refractivity contribution in [2.45, 2.75) is 4.90 Å². The van der Waals surface area contributed by atoms with Crippen LogP contribution in [0.4, 0.5) is 11.4 Å². The number of sulfonamides is 1. The van der Waals surface area contributed by atoms with Gasteiger partial charge in [0.25, 0.3) is 0 Å². The Hall–Kier alpha value is -2.13. The Bertz CT molecular complexity index is 899. The molecule has 126 valence electrons. The minimum atomic E-state index is -3.83. The molecule has 2 aromatic rings. The molecule has 2 rings (SSSR count). The zero-order valence-electron chi connectivity index (χ0n) is 11.9. The van der Waals surface area contributed by atoms with E-state index in [9.17, 15) is 18.0 Å². The number of nitrogens with two attached hydrogens (primary N) is 1. The van der Waals surface area contributed by atoms with Crippen molar-refractivity contribution in [2.24, 2.45) is 5.14 Å². The molecule has 0 saturated heterocycles. The highest BCUT2D eigenvalue weighted by Crippen LogP contribution is 2.29. The second-order valence-corrected chi connectivity index (χ2v) is 6.93. The van der Waals surface area contributed by atoms with Crippen molar-refractivity contribution in [1.29, 1.82) is 0 Å². The molecule has 0 aromatic heterocycles. The molecular formula is C14H11Cl2N3O4S. The third-order valence-electron chi connectivity index (χ3n) is 2.85. The Balaban J connectivity index is 2.06. The van der Waals surface area contributed by atoms with E-state index >= 15 is 0 Å². The Morgan fingerprint density at radius 2 is 1.50 bits per heavy atom. The molecule has 0 aliphatic carbocycles. The summed E-state index contributed by atoms with van der Waals surface area (Å²) >= 11 is 11.7. The fraction of sp³-hybridized carbons (Fsp3) is 0. The largest absolute Gasteiger partial charge is 0.318 e. The van der Waals surface area contributed by atoms with E-state index in [2.05, 4.69) is 10.6 Å². The van der Waals surface area contributed by atoms with E-state index in [1.807, 2.05) is 0 Å². The molecule has 10 heteroatoms. The molecule has 0 unspecified atom stereocenters. The molecule has 7 nitrogen and oxygen atoms in total. The smallest absolute Gasteiger partial charge is 0.314 e. The number of hydrogen-bond acceptors (Lipinski definition) is 4. The van der Waals surface area contributed by atoms with Crippen LogP contribution in [-0.4, -0.2) is 20.2 Å². The van der Waals surface area contributed by atoms with E-state index in [4.69, 9.17) is 28.3 Å². The van der Waals surface area contributed by atoms with Crippen molar-refractivity contribution in [2.75, 3.05) is 10.6 Å². The van der Waals surface area contributed by atoms with Crippen molar-refractivity contribution in [3.63, 3.8) is 0 Å². The Morgan fingerprint density at radius 1 is 0.917 bits per heavy atom. The van der Waals surface area contributed by atoms with Crippen LogP contribution in [0.3, 0.4) is 0 Å². The summed E-state index contributed by atoms with van der Waals surface area (Å²) in [6, 6.07) is 9.60. The molecule has 24 heavy (non-hydrogen) atoms. The van der Waals surface area contributed by atoms with Gasteiger partial charge in [-0.2, -0.15) is 0 Å². The summed E-state index contributed by atoms with van der Waals surface area (Å²) < 4.78 is 22.3. The molecule has 2 aromatic carbocycles. The first-order valence-electron chi connectivity index (χ1n) is 6.37. The zero-order chi connectivity index (χ0) is 17.9. The maximum Gasteiger partial charge on any atom is 0.314 e. The minimum Gasteiger partial charge on any atom is -0.318 e. The summed E-state index contributed by atoms with van der Waals surface area (Å²) in [6.45, 7) is 0. The van der Waals surface area contributed by atoms with E-state index in [1.165, 1.54) is 36.4 Å². The van der Waals surface area contributed by atoms with Crippen LogP contribution in [0.25, 0.3) is 0 Å². The highest BCUT2D eigenvalue weighted by molar-refractivity contribution is 7.89. The van der Waals surface area contributed by atoms with Gasteiger partial charge in [-0.05, 0) is 36.4 Å². The minimum absolute atomic E-state index is 0.109. The van der Waals surface area contributed by atoms with Gasteiger partial charge in [-0.15, -0.1) is 0 Å². The van der Waals surface area contributed by atoms with Crippen LogP contribution in [0, 0.1) is 0 Å². The molecule has 0 fully saturated rings. The highest BCUT2D eigenvalue weighted by Gasteiger charge is 2.16. The van der Waals surface area contributed by atoms with Gasteiger partial charge in [0.1, 0.15) is 0 Å². The molecular weight excluding hydrogens is 377 g/mol. The number of anilines is 2. The van der Waals surface area contributed by atoms with Gasteiger partial charge in [-0.1, -0.05) is 29.3 Å². The molecule has 0 radical (unpaired) electrons. The van der Waals surface area contributed by atoms with E-state index in [-0.39, 0.29) is 26.3 Å². The van der Waals surface area contributed by atoms with E-state index in [1.54, 1.807) is 6.07 Å². The third-order valence-corrected chi connectivity index (χ3v) is 4.59. The van der Waals surface area contributed by atoms with Crippen LogP contribution in [0.1, 0.15) is 0 Å². The van der Waals surface area contributed by atoms with Gasteiger partial charge in [0.2, 0.25) is 10.0 Å². The van der Waals surface area contributed by atoms with Crippen LogP contribution >= 0.6 is 23.2 Å². The summed E-state index contributed by atoms with van der Waals surface area (Å²) in [5.74, 6) is -1.93. The number of halogens is 2. The van der Waals surface area contributed by atoms with Crippen molar-refractivity contribution in [3.05, 3.63) is 52.5 Å². The normalized spacial score (nSPS) is 11.0. The quantitative estimate of drug-likeness (QED) is 0.699.